The van der Waals surface area contributed by atoms with Gasteiger partial charge in [0.05, 0.1) is 0 Å². The van der Waals surface area contributed by atoms with Gasteiger partial charge in [0.15, 0.2) is 0 Å². The Hall–Kier alpha value is -0.670. The number of hydrogen-bond acceptors (Lipinski definition) is 3. The normalized spacial score (nSPS) is 13.1. The third-order valence-corrected chi connectivity index (χ3v) is 3.23. The molecule has 0 saturated heterocycles. The van der Waals surface area contributed by atoms with Gasteiger partial charge in [-0.2, -0.15) is 0 Å². The molecule has 1 unspecified atom stereocenters. The van der Waals surface area contributed by atoms with Crippen LogP contribution in [0.25, 0.3) is 0 Å². The van der Waals surface area contributed by atoms with Crippen LogP contribution in [0.5, 0.6) is 0 Å². The fourth-order valence-corrected chi connectivity index (χ4v) is 1.85. The molecule has 0 spiro atoms. The van der Waals surface area contributed by atoms with Crippen LogP contribution >= 0.6 is 12.6 Å². The maximum Gasteiger partial charge on any atom is 0.0449 e. The minimum absolute atomic E-state index is 0.529. The van der Waals surface area contributed by atoms with E-state index >= 15 is 0 Å². The number of nitrogen functional groups attached to an aromatic ring is 1. The van der Waals surface area contributed by atoms with E-state index < -0.39 is 0 Å². The van der Waals surface area contributed by atoms with Crippen molar-refractivity contribution in [1.29, 1.82) is 0 Å². The van der Waals surface area contributed by atoms with E-state index in [2.05, 4.69) is 32.5 Å². The molecule has 84 valence electrons. The lowest BCUT2D eigenvalue weighted by molar-refractivity contribution is 0.392. The molecule has 0 radical (unpaired) electrons. The van der Waals surface area contributed by atoms with Crippen molar-refractivity contribution >= 4 is 18.3 Å². The molecule has 0 aromatic heterocycles. The highest BCUT2D eigenvalue weighted by Gasteiger charge is 2.12. The summed E-state index contributed by atoms with van der Waals surface area (Å²) < 4.78 is 0. The third-order valence-electron chi connectivity index (χ3n) is 2.84. The van der Waals surface area contributed by atoms with Crippen molar-refractivity contribution in [3.8, 4) is 0 Å². The summed E-state index contributed by atoms with van der Waals surface area (Å²) in [6, 6.07) is 6.00. The van der Waals surface area contributed by atoms with Gasteiger partial charge in [-0.25, -0.2) is 0 Å². The quantitative estimate of drug-likeness (QED) is 0.543. The van der Waals surface area contributed by atoms with E-state index in [0.29, 0.717) is 11.8 Å². The first-order valence-electron chi connectivity index (χ1n) is 5.32. The predicted octanol–water partition coefficient (Wildman–Crippen LogP) is 2.33. The first-order chi connectivity index (χ1) is 7.04. The Bertz CT molecular complexity index is 323. The Labute approximate surface area is 97.5 Å². The van der Waals surface area contributed by atoms with Crippen LogP contribution in [-0.2, 0) is 6.42 Å². The molecule has 0 bridgehead atoms. The number of rotatable bonds is 4. The second-order valence-corrected chi connectivity index (χ2v) is 4.82. The monoisotopic (exact) mass is 224 g/mol. The van der Waals surface area contributed by atoms with Gasteiger partial charge in [0, 0.05) is 10.6 Å². The minimum atomic E-state index is 0.529. The van der Waals surface area contributed by atoms with Crippen molar-refractivity contribution in [3.63, 3.8) is 0 Å². The highest BCUT2D eigenvalue weighted by molar-refractivity contribution is 7.80. The summed E-state index contributed by atoms with van der Waals surface area (Å²) in [7, 11) is 0. The molecule has 1 aromatic carbocycles. The smallest absolute Gasteiger partial charge is 0.0449 e. The topological polar surface area (TPSA) is 52.0 Å². The number of thiol groups is 1. The van der Waals surface area contributed by atoms with Crippen LogP contribution in [-0.4, -0.2) is 6.54 Å². The van der Waals surface area contributed by atoms with Crippen LogP contribution in [0.4, 0.5) is 5.69 Å². The van der Waals surface area contributed by atoms with Crippen LogP contribution in [0, 0.1) is 11.8 Å². The second kappa shape index (κ2) is 5.42. The van der Waals surface area contributed by atoms with Crippen LogP contribution in [0.15, 0.2) is 23.1 Å². The molecule has 2 nitrogen and oxygen atoms in total. The van der Waals surface area contributed by atoms with E-state index in [0.717, 1.165) is 23.5 Å². The summed E-state index contributed by atoms with van der Waals surface area (Å²) >= 11 is 4.31. The maximum absolute atomic E-state index is 5.75. The largest absolute Gasteiger partial charge is 0.398 e. The van der Waals surface area contributed by atoms with E-state index in [1.807, 2.05) is 12.1 Å². The average Bonchev–Trinajstić information content (AvgIpc) is 2.19. The fraction of sp³-hybridized carbons (Fsp3) is 0.500. The molecule has 1 rings (SSSR count). The summed E-state index contributed by atoms with van der Waals surface area (Å²) in [6.07, 6.45) is 1.00. The molecule has 0 aliphatic carbocycles. The zero-order valence-corrected chi connectivity index (χ0v) is 10.3. The first kappa shape index (κ1) is 12.4. The number of anilines is 1. The number of nitrogens with two attached hydrogens (primary N) is 2. The van der Waals surface area contributed by atoms with Crippen molar-refractivity contribution in [2.24, 2.45) is 17.6 Å². The summed E-state index contributed by atoms with van der Waals surface area (Å²) in [5.41, 5.74) is 13.5. The Morgan fingerprint density at radius 2 is 2.00 bits per heavy atom. The standard InChI is InChI=1S/C12H20N2S/c1-8(2)10(7-13)5-9-3-4-11(14)12(15)6-9/h3-4,6,8,10,15H,5,7,13-14H2,1-2H3. The summed E-state index contributed by atoms with van der Waals surface area (Å²) in [6.45, 7) is 5.14. The number of benzene rings is 1. The number of hydrogen-bond donors (Lipinski definition) is 3. The Morgan fingerprint density at radius 1 is 1.33 bits per heavy atom. The van der Waals surface area contributed by atoms with Gasteiger partial charge < -0.3 is 11.5 Å². The van der Waals surface area contributed by atoms with Crippen molar-refractivity contribution in [2.75, 3.05) is 12.3 Å². The lowest BCUT2D eigenvalue weighted by atomic mass is 9.89. The highest BCUT2D eigenvalue weighted by Crippen LogP contribution is 2.22. The van der Waals surface area contributed by atoms with Gasteiger partial charge >= 0.3 is 0 Å². The molecule has 3 heteroatoms. The predicted molar refractivity (Wildman–Crippen MR) is 69.2 cm³/mol. The summed E-state index contributed by atoms with van der Waals surface area (Å²) in [4.78, 5) is 0.854. The van der Waals surface area contributed by atoms with Gasteiger partial charge in [0.25, 0.3) is 0 Å². The van der Waals surface area contributed by atoms with Crippen molar-refractivity contribution in [2.45, 2.75) is 25.2 Å². The molecule has 0 aliphatic heterocycles. The lowest BCUT2D eigenvalue weighted by Crippen LogP contribution is -2.22. The summed E-state index contributed by atoms with van der Waals surface area (Å²) in [5, 5.41) is 0. The zero-order valence-electron chi connectivity index (χ0n) is 9.40. The van der Waals surface area contributed by atoms with Gasteiger partial charge in [-0.05, 0) is 42.5 Å². The second-order valence-electron chi connectivity index (χ2n) is 4.34. The molecular formula is C12H20N2S. The maximum atomic E-state index is 5.75. The van der Waals surface area contributed by atoms with Gasteiger partial charge in [0.1, 0.15) is 0 Å². The van der Waals surface area contributed by atoms with E-state index in [4.69, 9.17) is 11.5 Å². The van der Waals surface area contributed by atoms with Crippen LogP contribution in [0.2, 0.25) is 0 Å². The molecular weight excluding hydrogens is 204 g/mol. The van der Waals surface area contributed by atoms with Crippen molar-refractivity contribution in [3.05, 3.63) is 23.8 Å². The SMILES string of the molecule is CC(C)C(CN)Cc1ccc(N)c(S)c1. The van der Waals surface area contributed by atoms with Gasteiger partial charge in [-0.1, -0.05) is 19.9 Å². The van der Waals surface area contributed by atoms with Crippen molar-refractivity contribution in [1.82, 2.24) is 0 Å². The van der Waals surface area contributed by atoms with E-state index in [1.54, 1.807) is 0 Å². The molecule has 1 atom stereocenters. The molecule has 0 aliphatic rings. The fourth-order valence-electron chi connectivity index (χ4n) is 1.61. The summed E-state index contributed by atoms with van der Waals surface area (Å²) in [5.74, 6) is 1.14. The van der Waals surface area contributed by atoms with E-state index in [1.165, 1.54) is 5.56 Å². The zero-order chi connectivity index (χ0) is 11.4. The minimum Gasteiger partial charge on any atom is -0.398 e. The van der Waals surface area contributed by atoms with Crippen LogP contribution in [0.3, 0.4) is 0 Å². The molecule has 1 aromatic rings. The molecule has 0 fully saturated rings. The third kappa shape index (κ3) is 3.43. The molecule has 4 N–H and O–H groups in total. The molecule has 15 heavy (non-hydrogen) atoms. The molecule has 0 amide bonds. The van der Waals surface area contributed by atoms with Crippen LogP contribution in [0.1, 0.15) is 19.4 Å². The lowest BCUT2D eigenvalue weighted by Gasteiger charge is -2.19. The highest BCUT2D eigenvalue weighted by atomic mass is 32.1. The van der Waals surface area contributed by atoms with Crippen molar-refractivity contribution < 1.29 is 0 Å². The van der Waals surface area contributed by atoms with E-state index in [9.17, 15) is 0 Å². The Kier molecular flexibility index (Phi) is 4.48. The van der Waals surface area contributed by atoms with Crippen LogP contribution < -0.4 is 11.5 Å². The first-order valence-corrected chi connectivity index (χ1v) is 5.76. The molecule has 0 saturated carbocycles. The molecule has 0 heterocycles. The van der Waals surface area contributed by atoms with Gasteiger partial charge in [-0.15, -0.1) is 12.6 Å². The Balaban J connectivity index is 2.75. The average molecular weight is 224 g/mol. The van der Waals surface area contributed by atoms with E-state index in [-0.39, 0.29) is 0 Å². The Morgan fingerprint density at radius 3 is 2.47 bits per heavy atom. The van der Waals surface area contributed by atoms with Gasteiger partial charge in [-0.3, -0.25) is 0 Å². The van der Waals surface area contributed by atoms with Gasteiger partial charge in [0.2, 0.25) is 0 Å².